The Labute approximate surface area is 188 Å². The summed E-state index contributed by atoms with van der Waals surface area (Å²) >= 11 is 2.71. The predicted octanol–water partition coefficient (Wildman–Crippen LogP) is 4.32. The molecule has 160 valence electrons. The van der Waals surface area contributed by atoms with Crippen LogP contribution < -0.4 is 16.0 Å². The molecule has 0 radical (unpaired) electrons. The molecule has 7 nitrogen and oxygen atoms in total. The fraction of sp³-hybridized carbons (Fsp3) is 0.182. The van der Waals surface area contributed by atoms with Crippen molar-refractivity contribution in [1.29, 1.82) is 0 Å². The Kier molecular flexibility index (Phi) is 7.80. The lowest BCUT2D eigenvalue weighted by molar-refractivity contribution is -0.116. The van der Waals surface area contributed by atoms with Gasteiger partial charge in [0.2, 0.25) is 17.7 Å². The van der Waals surface area contributed by atoms with E-state index in [1.54, 1.807) is 24.3 Å². The number of hydrogen-bond acceptors (Lipinski definition) is 6. The molecule has 0 unspecified atom stereocenters. The van der Waals surface area contributed by atoms with Crippen molar-refractivity contribution in [2.45, 2.75) is 24.6 Å². The van der Waals surface area contributed by atoms with Crippen LogP contribution in [0.1, 0.15) is 18.2 Å². The number of carbonyl (C=O) groups excluding carboxylic acids is 3. The number of aryl methyl sites for hydroxylation is 1. The summed E-state index contributed by atoms with van der Waals surface area (Å²) < 4.78 is 0.723. The first kappa shape index (κ1) is 22.5. The Balaban J connectivity index is 1.47. The third kappa shape index (κ3) is 7.23. The van der Waals surface area contributed by atoms with Crippen molar-refractivity contribution >= 4 is 57.9 Å². The minimum absolute atomic E-state index is 0.132. The van der Waals surface area contributed by atoms with E-state index in [1.807, 2.05) is 36.6 Å². The van der Waals surface area contributed by atoms with Crippen LogP contribution in [0.3, 0.4) is 0 Å². The van der Waals surface area contributed by atoms with E-state index in [1.165, 1.54) is 30.0 Å². The van der Waals surface area contributed by atoms with Gasteiger partial charge in [0.05, 0.1) is 17.9 Å². The average Bonchev–Trinajstić information content (AvgIpc) is 3.15. The molecule has 9 heteroatoms. The van der Waals surface area contributed by atoms with E-state index in [4.69, 9.17) is 0 Å². The zero-order chi connectivity index (χ0) is 22.2. The zero-order valence-corrected chi connectivity index (χ0v) is 18.7. The van der Waals surface area contributed by atoms with Gasteiger partial charge in [-0.2, -0.15) is 0 Å². The fourth-order valence-corrected chi connectivity index (χ4v) is 4.35. The Morgan fingerprint density at radius 1 is 0.968 bits per heavy atom. The van der Waals surface area contributed by atoms with Gasteiger partial charge in [0.1, 0.15) is 0 Å². The largest absolute Gasteiger partial charge is 0.326 e. The minimum atomic E-state index is -0.181. The summed E-state index contributed by atoms with van der Waals surface area (Å²) in [6, 6.07) is 14.5. The normalized spacial score (nSPS) is 10.4. The van der Waals surface area contributed by atoms with Crippen LogP contribution in [-0.4, -0.2) is 28.5 Å². The number of carbonyl (C=O) groups is 3. The van der Waals surface area contributed by atoms with Crippen molar-refractivity contribution in [3.05, 3.63) is 65.2 Å². The fourth-order valence-electron chi connectivity index (χ4n) is 2.71. The lowest BCUT2D eigenvalue weighted by atomic mass is 10.2. The van der Waals surface area contributed by atoms with Gasteiger partial charge in [-0.15, -0.1) is 11.3 Å². The molecular weight excluding hydrogens is 432 g/mol. The molecule has 0 aliphatic heterocycles. The second kappa shape index (κ2) is 10.7. The molecule has 1 aromatic heterocycles. The van der Waals surface area contributed by atoms with Gasteiger partial charge < -0.3 is 16.0 Å². The standard InChI is InChI=1S/C22H22N4O3S2/c1-14-6-3-4-9-19(14)26-20(28)11-18-12-30-22(25-18)31-13-21(29)24-17-8-5-7-16(10-17)23-15(2)27/h3-10,12H,11,13H2,1-2H3,(H,23,27)(H,24,29)(H,26,28). The van der Waals surface area contributed by atoms with Gasteiger partial charge in [-0.25, -0.2) is 4.98 Å². The van der Waals surface area contributed by atoms with Crippen LogP contribution in [0.2, 0.25) is 0 Å². The molecule has 3 N–H and O–H groups in total. The van der Waals surface area contributed by atoms with Crippen LogP contribution in [0.4, 0.5) is 17.1 Å². The van der Waals surface area contributed by atoms with E-state index in [0.29, 0.717) is 17.1 Å². The number of nitrogens with zero attached hydrogens (tertiary/aromatic N) is 1. The van der Waals surface area contributed by atoms with Gasteiger partial charge in [-0.05, 0) is 36.8 Å². The van der Waals surface area contributed by atoms with Gasteiger partial charge in [-0.3, -0.25) is 14.4 Å². The first-order valence-electron chi connectivity index (χ1n) is 9.49. The van der Waals surface area contributed by atoms with Crippen molar-refractivity contribution in [3.8, 4) is 0 Å². The maximum atomic E-state index is 12.3. The molecule has 0 saturated heterocycles. The number of benzene rings is 2. The van der Waals surface area contributed by atoms with Gasteiger partial charge in [-0.1, -0.05) is 36.0 Å². The Hall–Kier alpha value is -3.17. The molecule has 0 aliphatic carbocycles. The maximum absolute atomic E-state index is 12.3. The Bertz CT molecular complexity index is 1100. The molecular formula is C22H22N4O3S2. The first-order chi connectivity index (χ1) is 14.9. The highest BCUT2D eigenvalue weighted by Gasteiger charge is 2.11. The molecule has 3 aromatic rings. The van der Waals surface area contributed by atoms with Crippen molar-refractivity contribution in [2.75, 3.05) is 21.7 Å². The lowest BCUT2D eigenvalue weighted by Crippen LogP contribution is -2.15. The smallest absolute Gasteiger partial charge is 0.234 e. The molecule has 0 aliphatic rings. The van der Waals surface area contributed by atoms with Crippen molar-refractivity contribution in [1.82, 2.24) is 4.98 Å². The number of amides is 3. The van der Waals surface area contributed by atoms with Gasteiger partial charge in [0.15, 0.2) is 4.34 Å². The molecule has 31 heavy (non-hydrogen) atoms. The van der Waals surface area contributed by atoms with E-state index >= 15 is 0 Å². The number of hydrogen-bond donors (Lipinski definition) is 3. The maximum Gasteiger partial charge on any atom is 0.234 e. The SMILES string of the molecule is CC(=O)Nc1cccc(NC(=O)CSc2nc(CC(=O)Nc3ccccc3C)cs2)c1. The lowest BCUT2D eigenvalue weighted by Gasteiger charge is -2.07. The van der Waals surface area contributed by atoms with E-state index in [2.05, 4.69) is 20.9 Å². The summed E-state index contributed by atoms with van der Waals surface area (Å²) in [5.74, 6) is -0.301. The van der Waals surface area contributed by atoms with Crippen LogP contribution in [0.5, 0.6) is 0 Å². The summed E-state index contributed by atoms with van der Waals surface area (Å²) in [6.07, 6.45) is 0.174. The number of aromatic nitrogens is 1. The van der Waals surface area contributed by atoms with Gasteiger partial charge in [0, 0.05) is 29.4 Å². The minimum Gasteiger partial charge on any atom is -0.326 e. The molecule has 0 atom stereocenters. The van der Waals surface area contributed by atoms with Crippen LogP contribution >= 0.6 is 23.1 Å². The molecule has 3 rings (SSSR count). The number of thiazole rings is 1. The van der Waals surface area contributed by atoms with E-state index < -0.39 is 0 Å². The van der Waals surface area contributed by atoms with Gasteiger partial charge >= 0.3 is 0 Å². The Morgan fingerprint density at radius 3 is 2.45 bits per heavy atom. The van der Waals surface area contributed by atoms with Crippen molar-refractivity contribution in [2.24, 2.45) is 0 Å². The topological polar surface area (TPSA) is 100 Å². The summed E-state index contributed by atoms with van der Waals surface area (Å²) in [5.41, 5.74) is 3.67. The second-order valence-corrected chi connectivity index (χ2v) is 8.82. The van der Waals surface area contributed by atoms with Crippen LogP contribution in [-0.2, 0) is 20.8 Å². The first-order valence-corrected chi connectivity index (χ1v) is 11.4. The molecule has 2 aromatic carbocycles. The molecule has 1 heterocycles. The van der Waals surface area contributed by atoms with Crippen molar-refractivity contribution in [3.63, 3.8) is 0 Å². The molecule has 3 amide bonds. The predicted molar refractivity (Wildman–Crippen MR) is 126 cm³/mol. The Morgan fingerprint density at radius 2 is 1.71 bits per heavy atom. The van der Waals surface area contributed by atoms with Crippen LogP contribution in [0, 0.1) is 6.92 Å². The number of nitrogens with one attached hydrogen (secondary N) is 3. The summed E-state index contributed by atoms with van der Waals surface area (Å²) in [5, 5.41) is 10.2. The number of thioether (sulfide) groups is 1. The molecule has 0 spiro atoms. The quantitative estimate of drug-likeness (QED) is 0.440. The highest BCUT2D eigenvalue weighted by atomic mass is 32.2. The van der Waals surface area contributed by atoms with Crippen LogP contribution in [0.15, 0.2) is 58.3 Å². The molecule has 0 bridgehead atoms. The zero-order valence-electron chi connectivity index (χ0n) is 17.1. The third-order valence-electron chi connectivity index (χ3n) is 4.08. The van der Waals surface area contributed by atoms with E-state index in [0.717, 1.165) is 15.6 Å². The highest BCUT2D eigenvalue weighted by Crippen LogP contribution is 2.24. The number of para-hydroxylation sites is 1. The van der Waals surface area contributed by atoms with Gasteiger partial charge in [0.25, 0.3) is 0 Å². The van der Waals surface area contributed by atoms with E-state index in [9.17, 15) is 14.4 Å². The summed E-state index contributed by atoms with van der Waals surface area (Å²) in [4.78, 5) is 40.1. The third-order valence-corrected chi connectivity index (χ3v) is 6.15. The summed E-state index contributed by atoms with van der Waals surface area (Å²) in [6.45, 7) is 3.37. The second-order valence-electron chi connectivity index (χ2n) is 6.74. The monoisotopic (exact) mass is 454 g/mol. The molecule has 0 fully saturated rings. The van der Waals surface area contributed by atoms with Crippen molar-refractivity contribution < 1.29 is 14.4 Å². The highest BCUT2D eigenvalue weighted by molar-refractivity contribution is 8.01. The molecule has 0 saturated carbocycles. The van der Waals surface area contributed by atoms with Crippen LogP contribution in [0.25, 0.3) is 0 Å². The van der Waals surface area contributed by atoms with E-state index in [-0.39, 0.29) is 29.9 Å². The number of anilines is 3. The average molecular weight is 455 g/mol. The number of rotatable bonds is 8. The summed E-state index contributed by atoms with van der Waals surface area (Å²) in [7, 11) is 0.